The second-order valence-electron chi connectivity index (χ2n) is 13.3. The van der Waals surface area contributed by atoms with Crippen LogP contribution in [0.5, 0.6) is 0 Å². The van der Waals surface area contributed by atoms with Crippen LogP contribution in [0, 0.1) is 0 Å². The molecule has 0 unspecified atom stereocenters. The van der Waals surface area contributed by atoms with Gasteiger partial charge in [-0.1, -0.05) is 121 Å². The minimum absolute atomic E-state index is 0.578. The van der Waals surface area contributed by atoms with Crippen LogP contribution in [-0.4, -0.2) is 19.5 Å². The first-order valence-corrected chi connectivity index (χ1v) is 17.4. The summed E-state index contributed by atoms with van der Waals surface area (Å²) in [5, 5.41) is 9.36. The minimum Gasteiger partial charge on any atom is -0.456 e. The normalized spacial score (nSPS) is 11.8. The lowest BCUT2D eigenvalue weighted by molar-refractivity contribution is 0.669. The van der Waals surface area contributed by atoms with Gasteiger partial charge in [0, 0.05) is 32.8 Å². The highest BCUT2D eigenvalue weighted by atomic mass is 16.3. The molecule has 11 rings (SSSR count). The molecule has 0 saturated carbocycles. The van der Waals surface area contributed by atoms with Crippen molar-refractivity contribution in [1.29, 1.82) is 0 Å². The summed E-state index contributed by atoms with van der Waals surface area (Å²) < 4.78 is 9.03. The van der Waals surface area contributed by atoms with E-state index in [2.05, 4.69) is 102 Å². The molecule has 0 bridgehead atoms. The molecule has 0 amide bonds. The number of rotatable bonds is 4. The van der Waals surface area contributed by atoms with Crippen LogP contribution in [0.4, 0.5) is 0 Å². The lowest BCUT2D eigenvalue weighted by Gasteiger charge is -2.13. The van der Waals surface area contributed by atoms with Gasteiger partial charge in [0.25, 0.3) is 0 Å². The van der Waals surface area contributed by atoms with Crippen LogP contribution in [-0.2, 0) is 0 Å². The molecule has 0 aliphatic rings. The zero-order valence-corrected chi connectivity index (χ0v) is 27.9. The molecule has 0 spiro atoms. The molecule has 0 aliphatic carbocycles. The summed E-state index contributed by atoms with van der Waals surface area (Å²) in [6, 6.07) is 59.3. The number of hydrogen-bond donors (Lipinski definition) is 0. The van der Waals surface area contributed by atoms with Gasteiger partial charge in [0.05, 0.1) is 22.1 Å². The Hall–Kier alpha value is -7.11. The van der Waals surface area contributed by atoms with E-state index in [0.29, 0.717) is 17.5 Å². The topological polar surface area (TPSA) is 56.7 Å². The quantitative estimate of drug-likeness (QED) is 0.176. The second-order valence-corrected chi connectivity index (χ2v) is 13.3. The van der Waals surface area contributed by atoms with Crippen molar-refractivity contribution >= 4 is 65.3 Å². The lowest BCUT2D eigenvalue weighted by atomic mass is 10.0. The zero-order valence-electron chi connectivity index (χ0n) is 27.9. The van der Waals surface area contributed by atoms with Gasteiger partial charge in [-0.3, -0.25) is 0 Å². The summed E-state index contributed by atoms with van der Waals surface area (Å²) in [6.45, 7) is 0. The van der Waals surface area contributed by atoms with Crippen LogP contribution < -0.4 is 0 Å². The summed E-state index contributed by atoms with van der Waals surface area (Å²) >= 11 is 0. The molecule has 8 aromatic carbocycles. The van der Waals surface area contributed by atoms with Gasteiger partial charge >= 0.3 is 0 Å². The van der Waals surface area contributed by atoms with Crippen molar-refractivity contribution in [2.75, 3.05) is 0 Å². The van der Waals surface area contributed by atoms with Gasteiger partial charge in [-0.15, -0.1) is 0 Å². The fourth-order valence-electron chi connectivity index (χ4n) is 7.74. The van der Waals surface area contributed by atoms with E-state index in [4.69, 9.17) is 19.4 Å². The van der Waals surface area contributed by atoms with Gasteiger partial charge < -0.3 is 8.98 Å². The van der Waals surface area contributed by atoms with E-state index in [0.717, 1.165) is 55.3 Å². The molecule has 3 aromatic heterocycles. The molecule has 0 saturated heterocycles. The number of fused-ring (bicyclic) bond motifs is 8. The van der Waals surface area contributed by atoms with E-state index in [9.17, 15) is 0 Å². The molecule has 3 heterocycles. The van der Waals surface area contributed by atoms with Crippen molar-refractivity contribution in [3.8, 4) is 39.9 Å². The number of aromatic nitrogens is 4. The van der Waals surface area contributed by atoms with E-state index in [-0.39, 0.29) is 0 Å². The lowest BCUT2D eigenvalue weighted by Crippen LogP contribution is -2.01. The maximum atomic E-state index is 6.64. The predicted molar refractivity (Wildman–Crippen MR) is 213 cm³/mol. The largest absolute Gasteiger partial charge is 0.456 e. The Morgan fingerprint density at radius 2 is 0.923 bits per heavy atom. The highest BCUT2D eigenvalue weighted by Crippen LogP contribution is 2.42. The Balaban J connectivity index is 1.25. The van der Waals surface area contributed by atoms with Crippen LogP contribution in [0.25, 0.3) is 105 Å². The predicted octanol–water partition coefficient (Wildman–Crippen LogP) is 12.2. The average molecular weight is 665 g/mol. The van der Waals surface area contributed by atoms with Gasteiger partial charge in [0.1, 0.15) is 11.2 Å². The Morgan fingerprint density at radius 3 is 1.62 bits per heavy atom. The van der Waals surface area contributed by atoms with E-state index in [1.807, 2.05) is 72.8 Å². The fraction of sp³-hybridized carbons (Fsp3) is 0. The molecule has 0 radical (unpaired) electrons. The maximum absolute atomic E-state index is 6.64. The van der Waals surface area contributed by atoms with Gasteiger partial charge in [-0.25, -0.2) is 15.0 Å². The highest BCUT2D eigenvalue weighted by Gasteiger charge is 2.22. The Labute approximate surface area is 298 Å². The van der Waals surface area contributed by atoms with E-state index < -0.39 is 0 Å². The van der Waals surface area contributed by atoms with Gasteiger partial charge in [0.15, 0.2) is 17.5 Å². The van der Waals surface area contributed by atoms with Crippen molar-refractivity contribution in [2.24, 2.45) is 0 Å². The molecule has 11 aromatic rings. The van der Waals surface area contributed by atoms with E-state index in [1.54, 1.807) is 0 Å². The fourth-order valence-corrected chi connectivity index (χ4v) is 7.74. The number of furan rings is 1. The molecule has 5 heteroatoms. The molecule has 0 N–H and O–H groups in total. The molecule has 0 atom stereocenters. The van der Waals surface area contributed by atoms with Crippen molar-refractivity contribution in [2.45, 2.75) is 0 Å². The highest BCUT2D eigenvalue weighted by molar-refractivity contribution is 6.18. The van der Waals surface area contributed by atoms with E-state index >= 15 is 0 Å². The third-order valence-corrected chi connectivity index (χ3v) is 10.2. The number of nitrogens with zero attached hydrogens (tertiary/aromatic N) is 4. The summed E-state index contributed by atoms with van der Waals surface area (Å²) in [5.41, 5.74) is 7.55. The summed E-state index contributed by atoms with van der Waals surface area (Å²) in [7, 11) is 0. The molecule has 0 fully saturated rings. The third-order valence-electron chi connectivity index (χ3n) is 10.2. The smallest absolute Gasteiger partial charge is 0.164 e. The Morgan fingerprint density at radius 1 is 0.365 bits per heavy atom. The van der Waals surface area contributed by atoms with Crippen LogP contribution in [0.3, 0.4) is 0 Å². The van der Waals surface area contributed by atoms with Gasteiger partial charge in [-0.2, -0.15) is 0 Å². The van der Waals surface area contributed by atoms with Crippen LogP contribution in [0.1, 0.15) is 0 Å². The maximum Gasteiger partial charge on any atom is 0.164 e. The first-order valence-electron chi connectivity index (χ1n) is 17.4. The Bertz CT molecular complexity index is 3120. The van der Waals surface area contributed by atoms with Crippen LogP contribution in [0.15, 0.2) is 174 Å². The Kier molecular flexibility index (Phi) is 6.18. The SMILES string of the molecule is c1ccc(-c2nc(-c3ccccc3)nc(-c3cc(-n4c5ccccc5c5cc6cc7ccccc7cc6cc54)c4c(c3)oc3ccccc34)n2)cc1. The standard InChI is InChI=1S/C47H28N4O/c1-3-13-29(14-4-1)45-48-46(30-15-5-2-6-16-30)50-47(49-45)35-27-41(44-37-20-10-12-22-42(37)52-43(44)28-35)51-39-21-11-9-19-36(39)38-25-33-23-31-17-7-8-18-32(31)24-34(33)26-40(38)51/h1-28H. The van der Waals surface area contributed by atoms with Crippen LogP contribution in [0.2, 0.25) is 0 Å². The second kappa shape index (κ2) is 11.2. The average Bonchev–Trinajstić information content (AvgIpc) is 3.74. The third kappa shape index (κ3) is 4.46. The van der Waals surface area contributed by atoms with Gasteiger partial charge in [-0.05, 0) is 70.1 Å². The zero-order chi connectivity index (χ0) is 34.2. The summed E-state index contributed by atoms with van der Waals surface area (Å²) in [6.07, 6.45) is 0. The summed E-state index contributed by atoms with van der Waals surface area (Å²) in [5.74, 6) is 1.81. The first kappa shape index (κ1) is 28.7. The molecule has 242 valence electrons. The van der Waals surface area contributed by atoms with Crippen molar-refractivity contribution in [3.05, 3.63) is 170 Å². The number of benzene rings is 8. The minimum atomic E-state index is 0.578. The van der Waals surface area contributed by atoms with E-state index in [1.165, 1.54) is 32.3 Å². The monoisotopic (exact) mass is 664 g/mol. The van der Waals surface area contributed by atoms with Crippen molar-refractivity contribution < 1.29 is 4.42 Å². The molecular formula is C47H28N4O. The number of hydrogen-bond acceptors (Lipinski definition) is 4. The molecule has 52 heavy (non-hydrogen) atoms. The van der Waals surface area contributed by atoms with Crippen molar-refractivity contribution in [3.63, 3.8) is 0 Å². The van der Waals surface area contributed by atoms with Crippen LogP contribution >= 0.6 is 0 Å². The van der Waals surface area contributed by atoms with Crippen molar-refractivity contribution in [1.82, 2.24) is 19.5 Å². The molecule has 5 nitrogen and oxygen atoms in total. The molecular weight excluding hydrogens is 637 g/mol. The summed E-state index contributed by atoms with van der Waals surface area (Å²) in [4.78, 5) is 15.2. The molecule has 0 aliphatic heterocycles. The van der Waals surface area contributed by atoms with Gasteiger partial charge in [0.2, 0.25) is 0 Å². The first-order chi connectivity index (χ1) is 25.7. The number of para-hydroxylation sites is 2.